The summed E-state index contributed by atoms with van der Waals surface area (Å²) in [7, 11) is -0.860. The Labute approximate surface area is 146 Å². The molecule has 1 saturated carbocycles. The zero-order valence-electron chi connectivity index (χ0n) is 14.2. The van der Waals surface area contributed by atoms with Crippen LogP contribution in [-0.2, 0) is 14.8 Å². The number of hydrogen-bond acceptors (Lipinski definition) is 5. The van der Waals surface area contributed by atoms with Crippen molar-refractivity contribution in [2.75, 3.05) is 20.7 Å². The molecule has 138 valence electrons. The lowest BCUT2D eigenvalue weighted by Gasteiger charge is -2.18. The van der Waals surface area contributed by atoms with E-state index in [1.807, 2.05) is 0 Å². The lowest BCUT2D eigenvalue weighted by molar-refractivity contribution is -0.137. The molecule has 0 saturated heterocycles. The van der Waals surface area contributed by atoms with Crippen LogP contribution in [0.2, 0.25) is 0 Å². The van der Waals surface area contributed by atoms with Crippen molar-refractivity contribution >= 4 is 21.9 Å². The number of carboxylic acid groups (broad SMARTS) is 1. The van der Waals surface area contributed by atoms with Gasteiger partial charge in [0, 0.05) is 31.6 Å². The van der Waals surface area contributed by atoms with Crippen molar-refractivity contribution in [2.24, 2.45) is 0 Å². The summed E-state index contributed by atoms with van der Waals surface area (Å²) in [4.78, 5) is 24.3. The molecule has 1 aliphatic carbocycles. The predicted octanol–water partition coefficient (Wildman–Crippen LogP) is 1.07. The van der Waals surface area contributed by atoms with Crippen molar-refractivity contribution in [1.29, 1.82) is 0 Å². The Hall–Kier alpha value is -2.13. The minimum atomic E-state index is -3.77. The molecule has 1 fully saturated rings. The van der Waals surface area contributed by atoms with Gasteiger partial charge in [0.2, 0.25) is 10.0 Å². The second-order valence-corrected chi connectivity index (χ2v) is 7.67. The van der Waals surface area contributed by atoms with E-state index in [2.05, 4.69) is 4.72 Å². The average Bonchev–Trinajstić information content (AvgIpc) is 3.36. The highest BCUT2D eigenvalue weighted by molar-refractivity contribution is 7.89. The largest absolute Gasteiger partial charge is 0.495 e. The van der Waals surface area contributed by atoms with Crippen LogP contribution in [-0.4, -0.2) is 57.0 Å². The van der Waals surface area contributed by atoms with Gasteiger partial charge in [0.15, 0.2) is 0 Å². The van der Waals surface area contributed by atoms with Crippen molar-refractivity contribution in [3.05, 3.63) is 23.8 Å². The third kappa shape index (κ3) is 5.17. The molecule has 1 aromatic carbocycles. The summed E-state index contributed by atoms with van der Waals surface area (Å²) in [6.07, 6.45) is 1.88. The fraction of sp³-hybridized carbons (Fsp3) is 0.500. The second kappa shape index (κ2) is 7.83. The Bertz CT molecular complexity index is 758. The maximum absolute atomic E-state index is 12.5. The van der Waals surface area contributed by atoms with E-state index in [4.69, 9.17) is 9.84 Å². The Kier molecular flexibility index (Phi) is 6.02. The topological polar surface area (TPSA) is 113 Å². The molecular weight excluding hydrogens is 348 g/mol. The number of carbonyl (C=O) groups is 2. The SMILES string of the molecule is COc1ccc(C(=O)N(C)CCCC(=O)O)cc1S(=O)(=O)NC1CC1. The van der Waals surface area contributed by atoms with Crippen molar-refractivity contribution < 1.29 is 27.9 Å². The first-order valence-corrected chi connectivity index (χ1v) is 9.40. The maximum Gasteiger partial charge on any atom is 0.303 e. The predicted molar refractivity (Wildman–Crippen MR) is 90.2 cm³/mol. The number of rotatable bonds is 9. The highest BCUT2D eigenvalue weighted by Gasteiger charge is 2.30. The molecule has 0 atom stereocenters. The van der Waals surface area contributed by atoms with E-state index in [-0.39, 0.29) is 41.1 Å². The molecule has 1 aliphatic rings. The Morgan fingerprint density at radius 2 is 2.04 bits per heavy atom. The molecule has 0 aromatic heterocycles. The standard InChI is InChI=1S/C16H22N2O6S/c1-18(9-3-4-15(19)20)16(21)11-5-8-13(24-2)14(10-11)25(22,23)17-12-6-7-12/h5,8,10,12,17H,3-4,6-7,9H2,1-2H3,(H,19,20). The second-order valence-electron chi connectivity index (χ2n) is 5.99. The van der Waals surface area contributed by atoms with E-state index in [0.29, 0.717) is 6.42 Å². The number of benzene rings is 1. The van der Waals surface area contributed by atoms with Crippen molar-refractivity contribution in [3.8, 4) is 5.75 Å². The van der Waals surface area contributed by atoms with E-state index < -0.39 is 16.0 Å². The Morgan fingerprint density at radius 1 is 1.36 bits per heavy atom. The summed E-state index contributed by atoms with van der Waals surface area (Å²) >= 11 is 0. The number of sulfonamides is 1. The monoisotopic (exact) mass is 370 g/mol. The summed E-state index contributed by atoms with van der Waals surface area (Å²) in [6, 6.07) is 4.16. The smallest absolute Gasteiger partial charge is 0.303 e. The van der Waals surface area contributed by atoms with Crippen molar-refractivity contribution in [1.82, 2.24) is 9.62 Å². The minimum absolute atomic E-state index is 0.0365. The molecule has 9 heteroatoms. The van der Waals surface area contributed by atoms with Gasteiger partial charge in [0.05, 0.1) is 7.11 Å². The summed E-state index contributed by atoms with van der Waals surface area (Å²) in [5, 5.41) is 8.65. The van der Waals surface area contributed by atoms with Crippen LogP contribution in [0, 0.1) is 0 Å². The van der Waals surface area contributed by atoms with Crippen LogP contribution in [0.15, 0.2) is 23.1 Å². The van der Waals surface area contributed by atoms with Crippen LogP contribution < -0.4 is 9.46 Å². The van der Waals surface area contributed by atoms with Gasteiger partial charge in [-0.2, -0.15) is 0 Å². The number of aliphatic carboxylic acids is 1. The van der Waals surface area contributed by atoms with Gasteiger partial charge in [0.1, 0.15) is 10.6 Å². The first kappa shape index (κ1) is 19.2. The van der Waals surface area contributed by atoms with Crippen LogP contribution >= 0.6 is 0 Å². The van der Waals surface area contributed by atoms with Crippen LogP contribution in [0.3, 0.4) is 0 Å². The number of nitrogens with one attached hydrogen (secondary N) is 1. The van der Waals surface area contributed by atoms with E-state index in [0.717, 1.165) is 12.8 Å². The molecule has 0 spiro atoms. The van der Waals surface area contributed by atoms with Crippen LogP contribution in [0.4, 0.5) is 0 Å². The van der Waals surface area contributed by atoms with Gasteiger partial charge in [-0.25, -0.2) is 13.1 Å². The van der Waals surface area contributed by atoms with Gasteiger partial charge in [-0.3, -0.25) is 9.59 Å². The summed E-state index contributed by atoms with van der Waals surface area (Å²) < 4.78 is 32.6. The normalized spacial score (nSPS) is 14.2. The lowest BCUT2D eigenvalue weighted by Crippen LogP contribution is -2.29. The van der Waals surface area contributed by atoms with Crippen molar-refractivity contribution in [3.63, 3.8) is 0 Å². The third-order valence-corrected chi connectivity index (χ3v) is 5.37. The number of nitrogens with zero attached hydrogens (tertiary/aromatic N) is 1. The molecular formula is C16H22N2O6S. The molecule has 25 heavy (non-hydrogen) atoms. The first-order chi connectivity index (χ1) is 11.7. The average molecular weight is 370 g/mol. The molecule has 8 nitrogen and oxygen atoms in total. The number of carboxylic acids is 1. The Balaban J connectivity index is 2.19. The number of carbonyl (C=O) groups excluding carboxylic acids is 1. The van der Waals surface area contributed by atoms with Crippen molar-refractivity contribution in [2.45, 2.75) is 36.6 Å². The zero-order valence-corrected chi connectivity index (χ0v) is 15.0. The quantitative estimate of drug-likeness (QED) is 0.672. The number of hydrogen-bond donors (Lipinski definition) is 2. The van der Waals surface area contributed by atoms with Gasteiger partial charge in [-0.15, -0.1) is 0 Å². The van der Waals surface area contributed by atoms with Crippen LogP contribution in [0.1, 0.15) is 36.0 Å². The molecule has 1 aromatic rings. The Morgan fingerprint density at radius 3 is 2.60 bits per heavy atom. The third-order valence-electron chi connectivity index (χ3n) is 3.83. The molecule has 2 rings (SSSR count). The molecule has 0 bridgehead atoms. The number of amides is 1. The van der Waals surface area contributed by atoms with E-state index in [1.165, 1.54) is 30.2 Å². The molecule has 0 heterocycles. The van der Waals surface area contributed by atoms with Gasteiger partial charge in [-0.05, 0) is 37.5 Å². The highest BCUT2D eigenvalue weighted by Crippen LogP contribution is 2.28. The van der Waals surface area contributed by atoms with E-state index in [9.17, 15) is 18.0 Å². The van der Waals surface area contributed by atoms with Gasteiger partial charge < -0.3 is 14.7 Å². The summed E-state index contributed by atoms with van der Waals surface area (Å²) in [5.41, 5.74) is 0.204. The maximum atomic E-state index is 12.5. The minimum Gasteiger partial charge on any atom is -0.495 e. The molecule has 0 radical (unpaired) electrons. The van der Waals surface area contributed by atoms with E-state index in [1.54, 1.807) is 7.05 Å². The van der Waals surface area contributed by atoms with Crippen LogP contribution in [0.25, 0.3) is 0 Å². The molecule has 1 amide bonds. The van der Waals surface area contributed by atoms with Gasteiger partial charge in [0.25, 0.3) is 5.91 Å². The van der Waals surface area contributed by atoms with E-state index >= 15 is 0 Å². The summed E-state index contributed by atoms with van der Waals surface area (Å²) in [5.74, 6) is -1.14. The fourth-order valence-electron chi connectivity index (χ4n) is 2.29. The zero-order chi connectivity index (χ0) is 18.6. The van der Waals surface area contributed by atoms with Crippen LogP contribution in [0.5, 0.6) is 5.75 Å². The number of ether oxygens (including phenoxy) is 1. The first-order valence-electron chi connectivity index (χ1n) is 7.92. The van der Waals surface area contributed by atoms with Gasteiger partial charge >= 0.3 is 5.97 Å². The lowest BCUT2D eigenvalue weighted by atomic mass is 10.2. The number of methoxy groups -OCH3 is 1. The highest BCUT2D eigenvalue weighted by atomic mass is 32.2. The molecule has 0 unspecified atom stereocenters. The summed E-state index contributed by atoms with van der Waals surface area (Å²) in [6.45, 7) is 0.263. The fourth-order valence-corrected chi connectivity index (χ4v) is 3.79. The van der Waals surface area contributed by atoms with Gasteiger partial charge in [-0.1, -0.05) is 0 Å². The molecule has 2 N–H and O–H groups in total. The molecule has 0 aliphatic heterocycles.